The van der Waals surface area contributed by atoms with E-state index in [1.165, 1.54) is 0 Å². The van der Waals surface area contributed by atoms with Crippen LogP contribution in [0.1, 0.15) is 41.4 Å². The fourth-order valence-electron chi connectivity index (χ4n) is 3.83. The third-order valence-corrected chi connectivity index (χ3v) is 6.50. The predicted molar refractivity (Wildman–Crippen MR) is 107 cm³/mol. The Morgan fingerprint density at radius 1 is 1.18 bits per heavy atom. The van der Waals surface area contributed by atoms with E-state index in [1.807, 2.05) is 34.8 Å². The van der Waals surface area contributed by atoms with Crippen molar-refractivity contribution in [1.82, 2.24) is 24.6 Å². The molecular formula is C20H25N5O2S. The maximum absolute atomic E-state index is 12.5. The molecule has 0 bridgehead atoms. The number of amides is 2. The molecule has 2 aromatic heterocycles. The SMILES string of the molecule is CN1CCCn2nc(C3CCN(C(=O)CSc4ccncc4)CC3)cc2C1=O. The van der Waals surface area contributed by atoms with Crippen LogP contribution < -0.4 is 0 Å². The number of rotatable bonds is 4. The highest BCUT2D eigenvalue weighted by molar-refractivity contribution is 8.00. The lowest BCUT2D eigenvalue weighted by atomic mass is 9.93. The zero-order valence-electron chi connectivity index (χ0n) is 16.1. The van der Waals surface area contributed by atoms with Gasteiger partial charge in [0, 0.05) is 56.4 Å². The van der Waals surface area contributed by atoms with Gasteiger partial charge in [0.05, 0.1) is 11.4 Å². The number of fused-ring (bicyclic) bond motifs is 1. The lowest BCUT2D eigenvalue weighted by Gasteiger charge is -2.31. The van der Waals surface area contributed by atoms with Gasteiger partial charge in [0.25, 0.3) is 5.91 Å². The van der Waals surface area contributed by atoms with Crippen molar-refractivity contribution in [2.24, 2.45) is 0 Å². The molecule has 0 aromatic carbocycles. The molecule has 7 nitrogen and oxygen atoms in total. The molecule has 0 unspecified atom stereocenters. The van der Waals surface area contributed by atoms with E-state index in [9.17, 15) is 9.59 Å². The first-order valence-electron chi connectivity index (χ1n) is 9.75. The fraction of sp³-hybridized carbons (Fsp3) is 0.500. The Morgan fingerprint density at radius 3 is 2.68 bits per heavy atom. The molecule has 28 heavy (non-hydrogen) atoms. The monoisotopic (exact) mass is 399 g/mol. The van der Waals surface area contributed by atoms with E-state index in [-0.39, 0.29) is 11.8 Å². The summed E-state index contributed by atoms with van der Waals surface area (Å²) in [5.74, 6) is 0.998. The number of carbonyl (C=O) groups excluding carboxylic acids is 2. The first kappa shape index (κ1) is 19.0. The molecule has 2 amide bonds. The summed E-state index contributed by atoms with van der Waals surface area (Å²) in [5.41, 5.74) is 1.69. The number of thioether (sulfide) groups is 1. The van der Waals surface area contributed by atoms with Crippen LogP contribution in [0.2, 0.25) is 0 Å². The van der Waals surface area contributed by atoms with Crippen LogP contribution in [0.25, 0.3) is 0 Å². The molecule has 8 heteroatoms. The minimum Gasteiger partial charge on any atom is -0.342 e. The normalized spacial score (nSPS) is 18.1. The molecule has 2 aliphatic rings. The lowest BCUT2D eigenvalue weighted by Crippen LogP contribution is -2.39. The van der Waals surface area contributed by atoms with E-state index in [2.05, 4.69) is 4.98 Å². The van der Waals surface area contributed by atoms with E-state index in [1.54, 1.807) is 29.1 Å². The second kappa shape index (κ2) is 8.34. The van der Waals surface area contributed by atoms with Gasteiger partial charge in [-0.25, -0.2) is 0 Å². The number of nitrogens with zero attached hydrogens (tertiary/aromatic N) is 5. The van der Waals surface area contributed by atoms with Crippen molar-refractivity contribution in [1.29, 1.82) is 0 Å². The summed E-state index contributed by atoms with van der Waals surface area (Å²) in [7, 11) is 1.85. The van der Waals surface area contributed by atoms with Gasteiger partial charge in [0.2, 0.25) is 5.91 Å². The third kappa shape index (κ3) is 4.06. The fourth-order valence-corrected chi connectivity index (χ4v) is 4.62. The Morgan fingerprint density at radius 2 is 1.93 bits per heavy atom. The summed E-state index contributed by atoms with van der Waals surface area (Å²) in [5, 5.41) is 4.72. The summed E-state index contributed by atoms with van der Waals surface area (Å²) in [6.07, 6.45) is 6.21. The number of piperidine rings is 1. The van der Waals surface area contributed by atoms with Crippen molar-refractivity contribution in [2.75, 3.05) is 32.4 Å². The number of carbonyl (C=O) groups is 2. The lowest BCUT2D eigenvalue weighted by molar-refractivity contribution is -0.129. The van der Waals surface area contributed by atoms with Crippen molar-refractivity contribution in [3.8, 4) is 0 Å². The van der Waals surface area contributed by atoms with Crippen LogP contribution in [0.4, 0.5) is 0 Å². The second-order valence-electron chi connectivity index (χ2n) is 7.38. The van der Waals surface area contributed by atoms with Crippen molar-refractivity contribution in [2.45, 2.75) is 36.6 Å². The Hall–Kier alpha value is -2.35. The van der Waals surface area contributed by atoms with Gasteiger partial charge in [-0.15, -0.1) is 11.8 Å². The van der Waals surface area contributed by atoms with Crippen LogP contribution in [0, 0.1) is 0 Å². The third-order valence-electron chi connectivity index (χ3n) is 5.51. The number of hydrogen-bond donors (Lipinski definition) is 0. The van der Waals surface area contributed by atoms with Crippen molar-refractivity contribution in [3.05, 3.63) is 42.0 Å². The number of aromatic nitrogens is 3. The van der Waals surface area contributed by atoms with E-state index in [0.717, 1.165) is 56.0 Å². The van der Waals surface area contributed by atoms with Crippen LogP contribution in [0.15, 0.2) is 35.5 Å². The summed E-state index contributed by atoms with van der Waals surface area (Å²) < 4.78 is 1.87. The molecule has 0 N–H and O–H groups in total. The molecule has 0 radical (unpaired) electrons. The average Bonchev–Trinajstić information content (AvgIpc) is 3.11. The van der Waals surface area contributed by atoms with E-state index >= 15 is 0 Å². The smallest absolute Gasteiger partial charge is 0.271 e. The summed E-state index contributed by atoms with van der Waals surface area (Å²) in [6.45, 7) is 3.05. The van der Waals surface area contributed by atoms with Crippen LogP contribution >= 0.6 is 11.8 Å². The summed E-state index contributed by atoms with van der Waals surface area (Å²) in [4.78, 5) is 33.8. The van der Waals surface area contributed by atoms with Gasteiger partial charge in [-0.05, 0) is 37.5 Å². The van der Waals surface area contributed by atoms with E-state index in [0.29, 0.717) is 17.4 Å². The molecule has 4 heterocycles. The van der Waals surface area contributed by atoms with Gasteiger partial charge in [-0.2, -0.15) is 5.10 Å². The van der Waals surface area contributed by atoms with Crippen LogP contribution in [-0.4, -0.2) is 68.8 Å². The second-order valence-corrected chi connectivity index (χ2v) is 8.43. The number of hydrogen-bond acceptors (Lipinski definition) is 5. The first-order chi connectivity index (χ1) is 13.6. The molecule has 148 valence electrons. The van der Waals surface area contributed by atoms with Gasteiger partial charge in [-0.1, -0.05) is 0 Å². The Labute approximate surface area is 169 Å². The molecule has 2 aliphatic heterocycles. The van der Waals surface area contributed by atoms with Crippen LogP contribution in [0.3, 0.4) is 0 Å². The van der Waals surface area contributed by atoms with E-state index in [4.69, 9.17) is 5.10 Å². The highest BCUT2D eigenvalue weighted by Gasteiger charge is 2.28. The van der Waals surface area contributed by atoms with Gasteiger partial charge >= 0.3 is 0 Å². The van der Waals surface area contributed by atoms with Crippen LogP contribution in [0.5, 0.6) is 0 Å². The number of pyridine rings is 1. The highest BCUT2D eigenvalue weighted by atomic mass is 32.2. The molecule has 0 aliphatic carbocycles. The minimum absolute atomic E-state index is 0.0528. The maximum atomic E-state index is 12.5. The highest BCUT2D eigenvalue weighted by Crippen LogP contribution is 2.29. The van der Waals surface area contributed by atoms with Gasteiger partial charge in [-0.3, -0.25) is 19.3 Å². The Balaban J connectivity index is 1.33. The molecule has 0 spiro atoms. The minimum atomic E-state index is 0.0528. The number of aryl methyl sites for hydroxylation is 1. The Bertz CT molecular complexity index is 846. The summed E-state index contributed by atoms with van der Waals surface area (Å²) in [6, 6.07) is 5.81. The largest absolute Gasteiger partial charge is 0.342 e. The zero-order chi connectivity index (χ0) is 19.5. The molecule has 0 atom stereocenters. The van der Waals surface area contributed by atoms with Gasteiger partial charge in [0.15, 0.2) is 0 Å². The molecule has 0 saturated carbocycles. The summed E-state index contributed by atoms with van der Waals surface area (Å²) >= 11 is 1.55. The molecule has 4 rings (SSSR count). The first-order valence-corrected chi connectivity index (χ1v) is 10.7. The number of likely N-dealkylation sites (tertiary alicyclic amines) is 1. The quantitative estimate of drug-likeness (QED) is 0.738. The standard InChI is InChI=1S/C20H25N5O2S/c1-23-9-2-10-25-18(20(23)27)13-17(22-25)15-5-11-24(12-6-15)19(26)14-28-16-3-7-21-8-4-16/h3-4,7-8,13,15H,2,5-6,9-12,14H2,1H3. The van der Waals surface area contributed by atoms with Crippen molar-refractivity contribution < 1.29 is 9.59 Å². The zero-order valence-corrected chi connectivity index (χ0v) is 16.9. The van der Waals surface area contributed by atoms with Crippen LogP contribution in [-0.2, 0) is 11.3 Å². The predicted octanol–water partition coefficient (Wildman–Crippen LogP) is 2.25. The van der Waals surface area contributed by atoms with E-state index < -0.39 is 0 Å². The molecule has 1 saturated heterocycles. The topological polar surface area (TPSA) is 71.3 Å². The Kier molecular flexibility index (Phi) is 5.66. The van der Waals surface area contributed by atoms with Gasteiger partial charge < -0.3 is 9.80 Å². The molecule has 2 aromatic rings. The van der Waals surface area contributed by atoms with Gasteiger partial charge in [0.1, 0.15) is 5.69 Å². The molecular weight excluding hydrogens is 374 g/mol. The molecule has 1 fully saturated rings. The maximum Gasteiger partial charge on any atom is 0.271 e. The van der Waals surface area contributed by atoms with Crippen molar-refractivity contribution >= 4 is 23.6 Å². The average molecular weight is 400 g/mol. The van der Waals surface area contributed by atoms with Crippen molar-refractivity contribution in [3.63, 3.8) is 0 Å².